The van der Waals surface area contributed by atoms with Crippen LogP contribution < -0.4 is 0 Å². The van der Waals surface area contributed by atoms with E-state index in [0.717, 1.165) is 24.3 Å². The fourth-order valence-electron chi connectivity index (χ4n) is 1.02. The maximum Gasteiger partial charge on any atom is 0.0717 e. The Morgan fingerprint density at radius 2 is 1.40 bits per heavy atom. The van der Waals surface area contributed by atoms with Gasteiger partial charge in [0, 0.05) is 24.3 Å². The van der Waals surface area contributed by atoms with E-state index in [0.29, 0.717) is 0 Å². The summed E-state index contributed by atoms with van der Waals surface area (Å²) in [5.74, 6) is 2.30. The second-order valence-corrected chi connectivity index (χ2v) is 3.94. The van der Waals surface area contributed by atoms with Gasteiger partial charge in [-0.1, -0.05) is 0 Å². The maximum atomic E-state index is 4.31. The van der Waals surface area contributed by atoms with Crippen LogP contribution in [0.25, 0.3) is 0 Å². The molecule has 0 aromatic rings. The van der Waals surface area contributed by atoms with Crippen molar-refractivity contribution in [3.05, 3.63) is 0 Å². The van der Waals surface area contributed by atoms with E-state index < -0.39 is 0 Å². The molecule has 0 bridgehead atoms. The molecule has 54 valence electrons. The lowest BCUT2D eigenvalue weighted by Gasteiger charge is -1.93. The summed E-state index contributed by atoms with van der Waals surface area (Å²) >= 11 is 3.33. The molecule has 0 aromatic carbocycles. The molecule has 2 aliphatic rings. The van der Waals surface area contributed by atoms with Crippen molar-refractivity contribution in [3.8, 4) is 0 Å². The number of rotatable bonds is 1. The Kier molecular flexibility index (Phi) is 2.00. The van der Waals surface area contributed by atoms with Gasteiger partial charge in [0.1, 0.15) is 0 Å². The summed E-state index contributed by atoms with van der Waals surface area (Å²) in [6, 6.07) is 0. The molecule has 0 saturated heterocycles. The van der Waals surface area contributed by atoms with Gasteiger partial charge in [0.15, 0.2) is 0 Å². The highest BCUT2D eigenvalue weighted by atomic mass is 32.2. The predicted molar refractivity (Wildman–Crippen MR) is 49.0 cm³/mol. The van der Waals surface area contributed by atoms with Crippen molar-refractivity contribution in [2.24, 2.45) is 8.80 Å². The maximum absolute atomic E-state index is 4.31. The molecular weight excluding hydrogens is 164 g/mol. The Balaban J connectivity index is 2.10. The quantitative estimate of drug-likeness (QED) is 0.565. The van der Waals surface area contributed by atoms with Gasteiger partial charge in [0.05, 0.1) is 11.4 Å². The van der Waals surface area contributed by atoms with Gasteiger partial charge in [-0.25, -0.2) is 8.80 Å². The van der Waals surface area contributed by atoms with Gasteiger partial charge in [-0.3, -0.25) is 0 Å². The number of hydrogen-bond acceptors (Lipinski definition) is 4. The van der Waals surface area contributed by atoms with Crippen molar-refractivity contribution in [1.82, 2.24) is 0 Å². The van der Waals surface area contributed by atoms with Crippen LogP contribution in [0.15, 0.2) is 8.80 Å². The summed E-state index contributed by atoms with van der Waals surface area (Å²) in [6.45, 7) is 0. The minimum absolute atomic E-state index is 1.13. The second-order valence-electron chi connectivity index (χ2n) is 2.24. The number of nitrogens with zero attached hydrogens (tertiary/aromatic N) is 2. The Bertz CT molecular complexity index is 176. The lowest BCUT2D eigenvalue weighted by Crippen LogP contribution is -2.09. The zero-order valence-corrected chi connectivity index (χ0v) is 7.17. The van der Waals surface area contributed by atoms with Crippen LogP contribution in [0, 0.1) is 0 Å². The third kappa shape index (κ3) is 1.22. The van der Waals surface area contributed by atoms with E-state index in [1.165, 1.54) is 11.4 Å². The van der Waals surface area contributed by atoms with Crippen LogP contribution in [0.4, 0.5) is 0 Å². The molecule has 2 heterocycles. The summed E-state index contributed by atoms with van der Waals surface area (Å²) in [7, 11) is 0. The first-order valence-electron chi connectivity index (χ1n) is 3.35. The lowest BCUT2D eigenvalue weighted by molar-refractivity contribution is 1.32. The van der Waals surface area contributed by atoms with Crippen molar-refractivity contribution in [1.29, 1.82) is 0 Å². The first-order chi connectivity index (χ1) is 4.97. The average Bonchev–Trinajstić information content (AvgIpc) is 2.59. The third-order valence-electron chi connectivity index (χ3n) is 1.54. The Hall–Kier alpha value is 0.0400. The van der Waals surface area contributed by atoms with Gasteiger partial charge in [-0.2, -0.15) is 0 Å². The summed E-state index contributed by atoms with van der Waals surface area (Å²) in [5.41, 5.74) is 2.49. The van der Waals surface area contributed by atoms with Crippen LogP contribution >= 0.6 is 23.9 Å². The minimum Gasteiger partial charge on any atom is -0.219 e. The van der Waals surface area contributed by atoms with Crippen LogP contribution in [0.5, 0.6) is 0 Å². The van der Waals surface area contributed by atoms with Gasteiger partial charge >= 0.3 is 0 Å². The molecule has 2 nitrogen and oxygen atoms in total. The molecule has 2 aliphatic heterocycles. The molecule has 0 unspecified atom stereocenters. The monoisotopic (exact) mass is 172 g/mol. The molecule has 0 N–H and O–H groups in total. The van der Waals surface area contributed by atoms with E-state index in [9.17, 15) is 0 Å². The zero-order valence-electron chi connectivity index (χ0n) is 5.54. The van der Waals surface area contributed by atoms with Crippen LogP contribution in [-0.4, -0.2) is 22.9 Å². The highest BCUT2D eigenvalue weighted by Gasteiger charge is 2.16. The van der Waals surface area contributed by atoms with Crippen LogP contribution in [0.1, 0.15) is 12.8 Å². The largest absolute Gasteiger partial charge is 0.219 e. The minimum atomic E-state index is 1.13. The lowest BCUT2D eigenvalue weighted by atomic mass is 10.1. The van der Waals surface area contributed by atoms with Crippen molar-refractivity contribution in [3.63, 3.8) is 0 Å². The first kappa shape index (κ1) is 6.73. The first-order valence-corrected chi connectivity index (χ1v) is 5.23. The molecule has 0 atom stereocenters. The zero-order chi connectivity index (χ0) is 6.81. The molecule has 0 aliphatic carbocycles. The van der Waals surface area contributed by atoms with E-state index in [1.54, 1.807) is 23.9 Å². The van der Waals surface area contributed by atoms with E-state index in [4.69, 9.17) is 0 Å². The molecule has 2 rings (SSSR count). The van der Waals surface area contributed by atoms with E-state index >= 15 is 0 Å². The molecule has 0 aromatic heterocycles. The van der Waals surface area contributed by atoms with Crippen molar-refractivity contribution in [2.75, 3.05) is 11.5 Å². The highest BCUT2D eigenvalue weighted by molar-refractivity contribution is 7.99. The number of hydrogen-bond donors (Lipinski definition) is 0. The van der Waals surface area contributed by atoms with Gasteiger partial charge in [-0.15, -0.1) is 0 Å². The normalized spacial score (nSPS) is 24.8. The summed E-state index contributed by atoms with van der Waals surface area (Å²) < 4.78 is 8.61. The smallest absolute Gasteiger partial charge is 0.0717 e. The van der Waals surface area contributed by atoms with Crippen LogP contribution in [0.3, 0.4) is 0 Å². The molecular formula is C6H8N2S2. The van der Waals surface area contributed by atoms with Gasteiger partial charge in [-0.05, 0) is 23.9 Å². The van der Waals surface area contributed by atoms with Crippen LogP contribution in [-0.2, 0) is 0 Å². The fraction of sp³-hybridized carbons (Fsp3) is 0.667. The standard InChI is InChI=1S/C6H8N2S2/c1-3-9-7-5(1)6-2-4-10-8-6/h1-4H2. The van der Waals surface area contributed by atoms with Crippen molar-refractivity contribution in [2.45, 2.75) is 12.8 Å². The van der Waals surface area contributed by atoms with E-state index in [-0.39, 0.29) is 0 Å². The molecule has 0 amide bonds. The Morgan fingerprint density at radius 1 is 0.900 bits per heavy atom. The topological polar surface area (TPSA) is 24.7 Å². The van der Waals surface area contributed by atoms with Gasteiger partial charge in [0.25, 0.3) is 0 Å². The molecule has 10 heavy (non-hydrogen) atoms. The highest BCUT2D eigenvalue weighted by Crippen LogP contribution is 2.22. The second kappa shape index (κ2) is 2.96. The molecule has 0 saturated carbocycles. The van der Waals surface area contributed by atoms with Gasteiger partial charge < -0.3 is 0 Å². The third-order valence-corrected chi connectivity index (χ3v) is 3.02. The fourth-order valence-corrected chi connectivity index (χ4v) is 2.47. The Morgan fingerprint density at radius 3 is 1.70 bits per heavy atom. The molecule has 0 radical (unpaired) electrons. The summed E-state index contributed by atoms with van der Waals surface area (Å²) in [5, 5.41) is 0. The van der Waals surface area contributed by atoms with E-state index in [2.05, 4.69) is 8.80 Å². The van der Waals surface area contributed by atoms with Gasteiger partial charge in [0.2, 0.25) is 0 Å². The van der Waals surface area contributed by atoms with E-state index in [1.807, 2.05) is 0 Å². The average molecular weight is 172 g/mol. The summed E-state index contributed by atoms with van der Waals surface area (Å²) in [6.07, 6.45) is 2.26. The molecule has 0 fully saturated rings. The van der Waals surface area contributed by atoms with Crippen molar-refractivity contribution >= 4 is 35.3 Å². The van der Waals surface area contributed by atoms with Crippen LogP contribution in [0.2, 0.25) is 0 Å². The molecule has 0 spiro atoms. The van der Waals surface area contributed by atoms with Crippen molar-refractivity contribution < 1.29 is 0 Å². The molecule has 4 heteroatoms. The SMILES string of the molecule is C1CC(C2=NSCC2)=NS1. The Labute approximate surface area is 68.9 Å². The summed E-state index contributed by atoms with van der Waals surface area (Å²) in [4.78, 5) is 0. The predicted octanol–water partition coefficient (Wildman–Crippen LogP) is 1.97.